The molecule has 0 aliphatic rings. The van der Waals surface area contributed by atoms with Crippen LogP contribution in [0.15, 0.2) is 10.6 Å². The average Bonchev–Trinajstić information content (AvgIpc) is 2.65. The molecular weight excluding hydrogens is 216 g/mol. The average molecular weight is 230 g/mol. The number of hydrogen-bond acceptors (Lipinski definition) is 6. The Hall–Kier alpha value is -1.05. The molecule has 15 heavy (non-hydrogen) atoms. The summed E-state index contributed by atoms with van der Waals surface area (Å²) in [5.41, 5.74) is 7.75. The highest BCUT2D eigenvalue weighted by molar-refractivity contribution is 7.98. The number of nitrogens with one attached hydrogen (secondary N) is 1. The van der Waals surface area contributed by atoms with Crippen LogP contribution >= 0.6 is 11.8 Å². The molecule has 0 bridgehead atoms. The fraction of sp³-hybridized carbons (Fsp3) is 0.500. The summed E-state index contributed by atoms with van der Waals surface area (Å²) >= 11 is 1.63. The number of thioether (sulfide) groups is 1. The van der Waals surface area contributed by atoms with Gasteiger partial charge in [0.05, 0.1) is 5.75 Å². The van der Waals surface area contributed by atoms with Crippen molar-refractivity contribution in [3.05, 3.63) is 17.5 Å². The molecular formula is C8H14N4O2S. The molecule has 1 unspecified atom stereocenters. The van der Waals surface area contributed by atoms with Crippen molar-refractivity contribution >= 4 is 17.7 Å². The lowest BCUT2D eigenvalue weighted by molar-refractivity contribution is 0.0944. The summed E-state index contributed by atoms with van der Waals surface area (Å²) in [6.45, 7) is 1.93. The highest BCUT2D eigenvalue weighted by Gasteiger charge is 2.10. The quantitative estimate of drug-likeness (QED) is 0.369. The number of hydrazine groups is 1. The lowest BCUT2D eigenvalue weighted by Crippen LogP contribution is -2.30. The Labute approximate surface area is 91.7 Å². The zero-order valence-corrected chi connectivity index (χ0v) is 9.21. The van der Waals surface area contributed by atoms with E-state index in [9.17, 15) is 4.79 Å². The third-order valence-electron chi connectivity index (χ3n) is 1.55. The van der Waals surface area contributed by atoms with E-state index in [-0.39, 0.29) is 11.7 Å². The topological polar surface area (TPSA) is 107 Å². The van der Waals surface area contributed by atoms with Gasteiger partial charge in [0.15, 0.2) is 5.69 Å². The first kappa shape index (κ1) is 12.0. The maximum absolute atomic E-state index is 11.0. The van der Waals surface area contributed by atoms with Gasteiger partial charge in [0.2, 0.25) is 0 Å². The molecule has 0 spiro atoms. The minimum absolute atomic E-state index is 0.143. The Morgan fingerprint density at radius 3 is 3.13 bits per heavy atom. The van der Waals surface area contributed by atoms with Crippen molar-refractivity contribution in [2.45, 2.75) is 18.7 Å². The fourth-order valence-electron chi connectivity index (χ4n) is 0.907. The molecule has 6 nitrogen and oxygen atoms in total. The second-order valence-corrected chi connectivity index (χ2v) is 4.17. The number of carbonyl (C=O) groups is 1. The van der Waals surface area contributed by atoms with Crippen LogP contribution in [0, 0.1) is 0 Å². The Balaban J connectivity index is 2.43. The molecule has 1 atom stereocenters. The molecule has 0 saturated carbocycles. The summed E-state index contributed by atoms with van der Waals surface area (Å²) in [6.07, 6.45) is 0. The van der Waals surface area contributed by atoms with E-state index >= 15 is 0 Å². The van der Waals surface area contributed by atoms with Gasteiger partial charge in [0.25, 0.3) is 5.91 Å². The number of rotatable bonds is 5. The van der Waals surface area contributed by atoms with Gasteiger partial charge < -0.3 is 10.3 Å². The van der Waals surface area contributed by atoms with E-state index in [0.717, 1.165) is 5.75 Å². The van der Waals surface area contributed by atoms with E-state index in [1.54, 1.807) is 17.8 Å². The van der Waals surface area contributed by atoms with Gasteiger partial charge in [0.1, 0.15) is 5.76 Å². The van der Waals surface area contributed by atoms with Crippen molar-refractivity contribution in [3.63, 3.8) is 0 Å². The largest absolute Gasteiger partial charge is 0.360 e. The molecule has 0 aliphatic heterocycles. The third kappa shape index (κ3) is 3.90. The van der Waals surface area contributed by atoms with E-state index in [2.05, 4.69) is 5.16 Å². The van der Waals surface area contributed by atoms with E-state index < -0.39 is 5.91 Å². The van der Waals surface area contributed by atoms with Crippen LogP contribution in [0.1, 0.15) is 23.2 Å². The van der Waals surface area contributed by atoms with Crippen LogP contribution in [-0.4, -0.2) is 22.9 Å². The molecule has 0 aromatic carbocycles. The summed E-state index contributed by atoms with van der Waals surface area (Å²) in [5, 5.41) is 3.57. The van der Waals surface area contributed by atoms with E-state index in [1.807, 2.05) is 12.3 Å². The smallest absolute Gasteiger partial charge is 0.287 e. The molecule has 0 aliphatic carbocycles. The van der Waals surface area contributed by atoms with Gasteiger partial charge in [-0.25, -0.2) is 5.84 Å². The highest BCUT2D eigenvalue weighted by Crippen LogP contribution is 2.13. The molecule has 1 amide bonds. The molecule has 7 heteroatoms. The van der Waals surface area contributed by atoms with Gasteiger partial charge in [0, 0.05) is 17.9 Å². The Bertz CT molecular complexity index is 326. The number of hydrogen-bond donors (Lipinski definition) is 3. The first-order valence-corrected chi connectivity index (χ1v) is 5.58. The predicted octanol–water partition coefficient (Wildman–Crippen LogP) is -0.141. The van der Waals surface area contributed by atoms with Crippen LogP contribution in [0.4, 0.5) is 0 Å². The molecule has 0 saturated heterocycles. The van der Waals surface area contributed by atoms with Crippen molar-refractivity contribution in [1.29, 1.82) is 0 Å². The van der Waals surface area contributed by atoms with Gasteiger partial charge in [-0.2, -0.15) is 11.8 Å². The second-order valence-electron chi connectivity index (χ2n) is 3.14. The molecule has 1 heterocycles. The zero-order valence-electron chi connectivity index (χ0n) is 8.40. The monoisotopic (exact) mass is 230 g/mol. The maximum atomic E-state index is 11.0. The number of nitrogens with two attached hydrogens (primary N) is 2. The standard InChI is InChI=1S/C8H14N4O2S/c1-5(9)3-15-4-6-2-7(12-14-6)8(13)11-10/h2,5H,3-4,9-10H2,1H3,(H,11,13). The van der Waals surface area contributed by atoms with Crippen molar-refractivity contribution in [3.8, 4) is 0 Å². The predicted molar refractivity (Wildman–Crippen MR) is 58.0 cm³/mol. The van der Waals surface area contributed by atoms with Crippen LogP contribution in [0.2, 0.25) is 0 Å². The molecule has 84 valence electrons. The van der Waals surface area contributed by atoms with Crippen LogP contribution in [0.5, 0.6) is 0 Å². The summed E-state index contributed by atoms with van der Waals surface area (Å²) in [6, 6.07) is 1.71. The van der Waals surface area contributed by atoms with E-state index in [1.165, 1.54) is 0 Å². The van der Waals surface area contributed by atoms with Crippen molar-refractivity contribution < 1.29 is 9.32 Å². The molecule has 0 fully saturated rings. The summed E-state index contributed by atoms with van der Waals surface area (Å²) in [4.78, 5) is 11.0. The lowest BCUT2D eigenvalue weighted by Gasteiger charge is -2.01. The summed E-state index contributed by atoms with van der Waals surface area (Å²) in [5.74, 6) is 6.61. The Kier molecular flexibility index (Phi) is 4.60. The SMILES string of the molecule is CC(N)CSCc1cc(C(=O)NN)no1. The van der Waals surface area contributed by atoms with Crippen molar-refractivity contribution in [1.82, 2.24) is 10.6 Å². The van der Waals surface area contributed by atoms with E-state index in [4.69, 9.17) is 16.1 Å². The first-order chi connectivity index (χ1) is 7.13. The Morgan fingerprint density at radius 1 is 1.80 bits per heavy atom. The number of nitrogen functional groups attached to an aromatic ring is 1. The second kappa shape index (κ2) is 5.74. The van der Waals surface area contributed by atoms with Crippen LogP contribution in [0.25, 0.3) is 0 Å². The summed E-state index contributed by atoms with van der Waals surface area (Å²) < 4.78 is 4.94. The van der Waals surface area contributed by atoms with Crippen LogP contribution in [0.3, 0.4) is 0 Å². The van der Waals surface area contributed by atoms with Gasteiger partial charge in [-0.3, -0.25) is 10.2 Å². The number of aromatic nitrogens is 1. The lowest BCUT2D eigenvalue weighted by atomic mass is 10.4. The van der Waals surface area contributed by atoms with Crippen LogP contribution < -0.4 is 17.0 Å². The third-order valence-corrected chi connectivity index (χ3v) is 2.80. The number of carbonyl (C=O) groups excluding carboxylic acids is 1. The van der Waals surface area contributed by atoms with Gasteiger partial charge in [-0.15, -0.1) is 0 Å². The van der Waals surface area contributed by atoms with Gasteiger partial charge in [-0.05, 0) is 6.92 Å². The van der Waals surface area contributed by atoms with Crippen LogP contribution in [-0.2, 0) is 5.75 Å². The van der Waals surface area contributed by atoms with Gasteiger partial charge >= 0.3 is 0 Å². The molecule has 1 aromatic heterocycles. The summed E-state index contributed by atoms with van der Waals surface area (Å²) in [7, 11) is 0. The van der Waals surface area contributed by atoms with Crippen molar-refractivity contribution in [2.75, 3.05) is 5.75 Å². The number of nitrogens with zero attached hydrogens (tertiary/aromatic N) is 1. The van der Waals surface area contributed by atoms with Gasteiger partial charge in [-0.1, -0.05) is 5.16 Å². The Morgan fingerprint density at radius 2 is 2.53 bits per heavy atom. The minimum atomic E-state index is -0.456. The first-order valence-electron chi connectivity index (χ1n) is 4.43. The highest BCUT2D eigenvalue weighted by atomic mass is 32.2. The molecule has 1 rings (SSSR count). The maximum Gasteiger partial charge on any atom is 0.287 e. The molecule has 1 aromatic rings. The number of amides is 1. The fourth-order valence-corrected chi connectivity index (χ4v) is 1.73. The minimum Gasteiger partial charge on any atom is -0.360 e. The van der Waals surface area contributed by atoms with Crippen molar-refractivity contribution in [2.24, 2.45) is 11.6 Å². The zero-order chi connectivity index (χ0) is 11.3. The normalized spacial score (nSPS) is 12.5. The van der Waals surface area contributed by atoms with E-state index in [0.29, 0.717) is 11.5 Å². The molecule has 5 N–H and O–H groups in total. The molecule has 0 radical (unpaired) electrons.